The molecule has 0 aromatic heterocycles. The van der Waals surface area contributed by atoms with Crippen molar-refractivity contribution in [3.63, 3.8) is 0 Å². The van der Waals surface area contributed by atoms with E-state index >= 15 is 0 Å². The van der Waals surface area contributed by atoms with Gasteiger partial charge < -0.3 is 5.32 Å². The van der Waals surface area contributed by atoms with E-state index in [2.05, 4.69) is 36.2 Å². The fourth-order valence-electron chi connectivity index (χ4n) is 1.31. The Morgan fingerprint density at radius 1 is 1.07 bits per heavy atom. The van der Waals surface area contributed by atoms with Gasteiger partial charge in [-0.3, -0.25) is 0 Å². The van der Waals surface area contributed by atoms with Crippen LogP contribution in [-0.2, 0) is 0 Å². The lowest BCUT2D eigenvalue weighted by Gasteiger charge is -2.01. The van der Waals surface area contributed by atoms with Crippen LogP contribution in [0.2, 0.25) is 0 Å². The summed E-state index contributed by atoms with van der Waals surface area (Å²) in [5.74, 6) is 0. The molecule has 0 unspecified atom stereocenters. The number of hydrogen-bond acceptors (Lipinski definition) is 1. The lowest BCUT2D eigenvalue weighted by molar-refractivity contribution is 0.868. The molecule has 1 heteroatoms. The van der Waals surface area contributed by atoms with Crippen LogP contribution in [0.25, 0.3) is 0 Å². The summed E-state index contributed by atoms with van der Waals surface area (Å²) in [6.07, 6.45) is 9.82. The minimum atomic E-state index is 0.901. The molecule has 15 heavy (non-hydrogen) atoms. The Morgan fingerprint density at radius 2 is 1.87 bits per heavy atom. The standard InChI is InChI=1S/C14H19N/c1-2-3-4-5-6-10-13-15-14-11-8-7-9-12-14/h2,6-12,15H,1,3-5,13H2/b10-6+. The molecule has 0 saturated heterocycles. The van der Waals surface area contributed by atoms with Gasteiger partial charge in [-0.05, 0) is 31.4 Å². The summed E-state index contributed by atoms with van der Waals surface area (Å²) in [4.78, 5) is 0. The van der Waals surface area contributed by atoms with Crippen molar-refractivity contribution in [1.82, 2.24) is 0 Å². The SMILES string of the molecule is C=CCCC/C=C/CNc1ccccc1. The van der Waals surface area contributed by atoms with E-state index in [1.807, 2.05) is 24.3 Å². The lowest BCUT2D eigenvalue weighted by atomic mass is 10.2. The van der Waals surface area contributed by atoms with E-state index in [1.54, 1.807) is 0 Å². The van der Waals surface area contributed by atoms with Gasteiger partial charge in [-0.25, -0.2) is 0 Å². The number of unbranched alkanes of at least 4 members (excludes halogenated alkanes) is 2. The summed E-state index contributed by atoms with van der Waals surface area (Å²) in [7, 11) is 0. The molecular weight excluding hydrogens is 182 g/mol. The van der Waals surface area contributed by atoms with Crippen LogP contribution in [0.4, 0.5) is 5.69 Å². The van der Waals surface area contributed by atoms with Gasteiger partial charge in [0.25, 0.3) is 0 Å². The van der Waals surface area contributed by atoms with Crippen LogP contribution in [0.3, 0.4) is 0 Å². The molecule has 0 aliphatic heterocycles. The number of para-hydroxylation sites is 1. The van der Waals surface area contributed by atoms with E-state index in [0.717, 1.165) is 19.4 Å². The molecule has 0 fully saturated rings. The van der Waals surface area contributed by atoms with Crippen molar-refractivity contribution in [2.45, 2.75) is 19.3 Å². The van der Waals surface area contributed by atoms with E-state index in [9.17, 15) is 0 Å². The van der Waals surface area contributed by atoms with Crippen molar-refractivity contribution in [3.05, 3.63) is 55.1 Å². The van der Waals surface area contributed by atoms with Crippen LogP contribution >= 0.6 is 0 Å². The smallest absolute Gasteiger partial charge is 0.0342 e. The van der Waals surface area contributed by atoms with Crippen molar-refractivity contribution in [1.29, 1.82) is 0 Å². The van der Waals surface area contributed by atoms with Crippen LogP contribution in [0.5, 0.6) is 0 Å². The second-order valence-corrected chi connectivity index (χ2v) is 3.44. The highest BCUT2D eigenvalue weighted by molar-refractivity contribution is 5.42. The summed E-state index contributed by atoms with van der Waals surface area (Å²) in [5, 5.41) is 3.33. The van der Waals surface area contributed by atoms with Crippen LogP contribution in [0.1, 0.15) is 19.3 Å². The Labute approximate surface area is 92.5 Å². The molecule has 1 aromatic carbocycles. The predicted octanol–water partition coefficient (Wildman–Crippen LogP) is 4.01. The molecule has 0 heterocycles. The highest BCUT2D eigenvalue weighted by Gasteiger charge is 1.85. The van der Waals surface area contributed by atoms with Gasteiger partial charge in [-0.15, -0.1) is 6.58 Å². The first-order chi connectivity index (χ1) is 7.43. The van der Waals surface area contributed by atoms with Gasteiger partial charge in [0.2, 0.25) is 0 Å². The van der Waals surface area contributed by atoms with Gasteiger partial charge in [0.05, 0.1) is 0 Å². The molecular formula is C14H19N. The minimum absolute atomic E-state index is 0.901. The molecule has 0 radical (unpaired) electrons. The Kier molecular flexibility index (Phi) is 6.07. The third-order valence-electron chi connectivity index (χ3n) is 2.14. The van der Waals surface area contributed by atoms with Crippen LogP contribution in [0, 0.1) is 0 Å². The average Bonchev–Trinajstić information content (AvgIpc) is 2.29. The maximum absolute atomic E-state index is 3.70. The topological polar surface area (TPSA) is 12.0 Å². The lowest BCUT2D eigenvalue weighted by Crippen LogP contribution is -1.97. The van der Waals surface area contributed by atoms with Gasteiger partial charge in [0, 0.05) is 12.2 Å². The fraction of sp³-hybridized carbons (Fsp3) is 0.286. The van der Waals surface area contributed by atoms with Gasteiger partial charge >= 0.3 is 0 Å². The normalized spacial score (nSPS) is 10.4. The van der Waals surface area contributed by atoms with Crippen molar-refractivity contribution >= 4 is 5.69 Å². The first-order valence-corrected chi connectivity index (χ1v) is 5.48. The van der Waals surface area contributed by atoms with E-state index in [1.165, 1.54) is 12.1 Å². The minimum Gasteiger partial charge on any atom is -0.382 e. The Morgan fingerprint density at radius 3 is 2.60 bits per heavy atom. The summed E-state index contributed by atoms with van der Waals surface area (Å²) in [6, 6.07) is 10.2. The Hall–Kier alpha value is -1.50. The van der Waals surface area contributed by atoms with Gasteiger partial charge in [0.1, 0.15) is 0 Å². The van der Waals surface area contributed by atoms with Crippen LogP contribution < -0.4 is 5.32 Å². The summed E-state index contributed by atoms with van der Waals surface area (Å²) in [6.45, 7) is 4.60. The zero-order chi connectivity index (χ0) is 10.8. The molecule has 0 spiro atoms. The Bertz CT molecular complexity index is 287. The number of rotatable bonds is 7. The van der Waals surface area contributed by atoms with Crippen molar-refractivity contribution in [2.24, 2.45) is 0 Å². The molecule has 0 atom stereocenters. The van der Waals surface area contributed by atoms with E-state index in [0.29, 0.717) is 0 Å². The summed E-state index contributed by atoms with van der Waals surface area (Å²) in [5.41, 5.74) is 1.17. The van der Waals surface area contributed by atoms with E-state index in [4.69, 9.17) is 0 Å². The first-order valence-electron chi connectivity index (χ1n) is 5.48. The zero-order valence-electron chi connectivity index (χ0n) is 9.15. The van der Waals surface area contributed by atoms with Crippen LogP contribution in [-0.4, -0.2) is 6.54 Å². The first kappa shape index (κ1) is 11.6. The number of allylic oxidation sites excluding steroid dienone is 2. The predicted molar refractivity (Wildman–Crippen MR) is 68.1 cm³/mol. The quantitative estimate of drug-likeness (QED) is 0.519. The maximum Gasteiger partial charge on any atom is 0.0342 e. The largest absolute Gasteiger partial charge is 0.382 e. The average molecular weight is 201 g/mol. The molecule has 80 valence electrons. The van der Waals surface area contributed by atoms with E-state index in [-0.39, 0.29) is 0 Å². The van der Waals surface area contributed by atoms with Crippen molar-refractivity contribution in [2.75, 3.05) is 11.9 Å². The molecule has 0 saturated carbocycles. The second kappa shape index (κ2) is 7.86. The van der Waals surface area contributed by atoms with Gasteiger partial charge in [-0.2, -0.15) is 0 Å². The molecule has 0 aliphatic rings. The highest BCUT2D eigenvalue weighted by Crippen LogP contribution is 2.04. The molecule has 0 bridgehead atoms. The Balaban J connectivity index is 2.08. The van der Waals surface area contributed by atoms with E-state index < -0.39 is 0 Å². The van der Waals surface area contributed by atoms with Crippen molar-refractivity contribution < 1.29 is 0 Å². The van der Waals surface area contributed by atoms with Gasteiger partial charge in [0.15, 0.2) is 0 Å². The number of hydrogen-bond donors (Lipinski definition) is 1. The molecule has 1 N–H and O–H groups in total. The maximum atomic E-state index is 3.70. The van der Waals surface area contributed by atoms with Gasteiger partial charge in [-0.1, -0.05) is 36.4 Å². The highest BCUT2D eigenvalue weighted by atomic mass is 14.8. The number of benzene rings is 1. The van der Waals surface area contributed by atoms with Crippen molar-refractivity contribution in [3.8, 4) is 0 Å². The third kappa shape index (κ3) is 5.74. The number of nitrogens with one attached hydrogen (secondary N) is 1. The molecule has 1 aromatic rings. The zero-order valence-corrected chi connectivity index (χ0v) is 9.15. The van der Waals surface area contributed by atoms with Crippen LogP contribution in [0.15, 0.2) is 55.1 Å². The second-order valence-electron chi connectivity index (χ2n) is 3.44. The fourth-order valence-corrected chi connectivity index (χ4v) is 1.31. The monoisotopic (exact) mass is 201 g/mol. The molecule has 0 amide bonds. The third-order valence-corrected chi connectivity index (χ3v) is 2.14. The molecule has 1 nitrogen and oxygen atoms in total. The molecule has 1 rings (SSSR count). The molecule has 0 aliphatic carbocycles. The summed E-state index contributed by atoms with van der Waals surface area (Å²) >= 11 is 0. The summed E-state index contributed by atoms with van der Waals surface area (Å²) < 4.78 is 0. The number of anilines is 1.